The zero-order chi connectivity index (χ0) is 25.1. The highest BCUT2D eigenvalue weighted by molar-refractivity contribution is 6.33. The van der Waals surface area contributed by atoms with Gasteiger partial charge >= 0.3 is 0 Å². The molecule has 3 aromatic heterocycles. The molecule has 0 spiro atoms. The number of fused-ring (bicyclic) bond motifs is 1. The number of pyridine rings is 2. The van der Waals surface area contributed by atoms with Gasteiger partial charge in [-0.1, -0.05) is 41.4 Å². The first-order valence-electron chi connectivity index (χ1n) is 12.1. The maximum absolute atomic E-state index is 6.40. The third-order valence-electron chi connectivity index (χ3n) is 6.12. The van der Waals surface area contributed by atoms with Crippen molar-refractivity contribution in [2.45, 2.75) is 39.0 Å². The maximum Gasteiger partial charge on any atom is 0.156 e. The van der Waals surface area contributed by atoms with Crippen LogP contribution < -0.4 is 5.32 Å². The van der Waals surface area contributed by atoms with E-state index in [1.54, 1.807) is 12.4 Å². The largest absolute Gasteiger partial charge is 0.373 e. The normalized spacial score (nSPS) is 18.4. The lowest BCUT2D eigenvalue weighted by molar-refractivity contribution is -0.0710. The zero-order valence-corrected chi connectivity index (χ0v) is 21.8. The number of rotatable bonds is 7. The second-order valence-electron chi connectivity index (χ2n) is 9.13. The lowest BCUT2D eigenvalue weighted by Crippen LogP contribution is -2.45. The molecule has 7 nitrogen and oxygen atoms in total. The molecule has 9 heteroatoms. The molecule has 0 bridgehead atoms. The highest BCUT2D eigenvalue weighted by Gasteiger charge is 2.23. The van der Waals surface area contributed by atoms with E-state index in [0.29, 0.717) is 35.1 Å². The molecule has 0 saturated carbocycles. The van der Waals surface area contributed by atoms with Gasteiger partial charge in [-0.3, -0.25) is 9.88 Å². The summed E-state index contributed by atoms with van der Waals surface area (Å²) >= 11 is 12.8. The number of anilines is 1. The van der Waals surface area contributed by atoms with Crippen molar-refractivity contribution >= 4 is 40.1 Å². The van der Waals surface area contributed by atoms with Gasteiger partial charge in [0.25, 0.3) is 0 Å². The van der Waals surface area contributed by atoms with E-state index >= 15 is 0 Å². The van der Waals surface area contributed by atoms with Gasteiger partial charge in [-0.2, -0.15) is 0 Å². The van der Waals surface area contributed by atoms with Crippen LogP contribution in [0.25, 0.3) is 22.3 Å². The smallest absolute Gasteiger partial charge is 0.156 e. The summed E-state index contributed by atoms with van der Waals surface area (Å²) in [4.78, 5) is 21.2. The third-order valence-corrected chi connectivity index (χ3v) is 6.79. The number of benzene rings is 1. The molecule has 0 aliphatic carbocycles. The minimum Gasteiger partial charge on any atom is -0.373 e. The van der Waals surface area contributed by atoms with E-state index in [1.165, 1.54) is 0 Å². The van der Waals surface area contributed by atoms with Gasteiger partial charge in [0.15, 0.2) is 5.82 Å². The predicted molar refractivity (Wildman–Crippen MR) is 145 cm³/mol. The molecule has 0 radical (unpaired) electrons. The van der Waals surface area contributed by atoms with Crippen molar-refractivity contribution < 1.29 is 4.74 Å². The average Bonchev–Trinajstić information content (AvgIpc) is 2.84. The minimum absolute atomic E-state index is 0.169. The summed E-state index contributed by atoms with van der Waals surface area (Å²) in [5.74, 6) is 1.44. The summed E-state index contributed by atoms with van der Waals surface area (Å²) in [6.07, 6.45) is 4.59. The molecule has 5 rings (SSSR count). The second-order valence-corrected chi connectivity index (χ2v) is 9.95. The Morgan fingerprint density at radius 1 is 1.00 bits per heavy atom. The molecular weight excluding hydrogens is 495 g/mol. The molecule has 186 valence electrons. The van der Waals surface area contributed by atoms with Crippen LogP contribution >= 0.6 is 23.2 Å². The van der Waals surface area contributed by atoms with Crippen LogP contribution in [0.1, 0.15) is 25.2 Å². The van der Waals surface area contributed by atoms with Gasteiger partial charge in [-0.15, -0.1) is 0 Å². The fraction of sp³-hybridized carbons (Fsp3) is 0.333. The standard InChI is InChI=1S/C27H28Cl2N6O/c1-17-14-35(15-18(2)36-17)16-24-33-23-12-20(25-22(29)8-5-10-30-25)13-32-26(23)27(34-24)31-11-9-19-6-3-4-7-21(19)28/h3-8,10,12-13,17-18H,9,11,14-16H2,1-2H3,(H,31,33,34)/t17-,18+. The Kier molecular flexibility index (Phi) is 7.62. The molecule has 36 heavy (non-hydrogen) atoms. The molecular formula is C27H28Cl2N6O. The Morgan fingerprint density at radius 3 is 2.56 bits per heavy atom. The SMILES string of the molecule is C[C@@H]1CN(Cc2nc(NCCc3ccccc3Cl)c3ncc(-c4ncccc4Cl)cc3n2)C[C@H](C)O1. The number of aromatic nitrogens is 4. The van der Waals surface area contributed by atoms with Gasteiger partial charge in [0.1, 0.15) is 11.3 Å². The van der Waals surface area contributed by atoms with Gasteiger partial charge in [0.2, 0.25) is 0 Å². The van der Waals surface area contributed by atoms with Crippen LogP contribution in [0.5, 0.6) is 0 Å². The minimum atomic E-state index is 0.169. The molecule has 4 heterocycles. The fourth-order valence-electron chi connectivity index (χ4n) is 4.62. The third kappa shape index (κ3) is 5.76. The first-order chi connectivity index (χ1) is 17.5. The van der Waals surface area contributed by atoms with Crippen LogP contribution in [-0.4, -0.2) is 56.7 Å². The maximum atomic E-state index is 6.40. The number of nitrogens with zero attached hydrogens (tertiary/aromatic N) is 5. The average molecular weight is 523 g/mol. The van der Waals surface area contributed by atoms with E-state index in [1.807, 2.05) is 42.5 Å². The van der Waals surface area contributed by atoms with Crippen LogP contribution in [-0.2, 0) is 17.7 Å². The molecule has 4 aromatic rings. The number of morpholine rings is 1. The van der Waals surface area contributed by atoms with Crippen LogP contribution in [0.3, 0.4) is 0 Å². The van der Waals surface area contributed by atoms with E-state index in [-0.39, 0.29) is 12.2 Å². The monoisotopic (exact) mass is 522 g/mol. The van der Waals surface area contributed by atoms with E-state index in [9.17, 15) is 0 Å². The first kappa shape index (κ1) is 24.8. The summed E-state index contributed by atoms with van der Waals surface area (Å²) in [5, 5.41) is 4.81. The molecule has 0 amide bonds. The van der Waals surface area contributed by atoms with E-state index in [0.717, 1.165) is 47.0 Å². The van der Waals surface area contributed by atoms with Gasteiger partial charge < -0.3 is 10.1 Å². The topological polar surface area (TPSA) is 76.1 Å². The lowest BCUT2D eigenvalue weighted by Gasteiger charge is -2.34. The van der Waals surface area contributed by atoms with E-state index < -0.39 is 0 Å². The Labute approximate surface area is 220 Å². The molecule has 2 atom stereocenters. The van der Waals surface area contributed by atoms with Crippen molar-refractivity contribution in [1.29, 1.82) is 0 Å². The molecule has 0 unspecified atom stereocenters. The van der Waals surface area contributed by atoms with Crippen molar-refractivity contribution in [2.75, 3.05) is 25.0 Å². The van der Waals surface area contributed by atoms with Crippen LogP contribution in [0.4, 0.5) is 5.82 Å². The molecule has 1 aliphatic heterocycles. The number of ether oxygens (including phenoxy) is 1. The summed E-state index contributed by atoms with van der Waals surface area (Å²) in [6.45, 7) is 7.15. The summed E-state index contributed by atoms with van der Waals surface area (Å²) in [6, 6.07) is 13.5. The molecule has 1 fully saturated rings. The van der Waals surface area contributed by atoms with Crippen molar-refractivity contribution in [1.82, 2.24) is 24.8 Å². The van der Waals surface area contributed by atoms with Gasteiger partial charge in [-0.05, 0) is 50.1 Å². The van der Waals surface area contributed by atoms with E-state index in [4.69, 9.17) is 42.9 Å². The first-order valence-corrected chi connectivity index (χ1v) is 12.8. The number of hydrogen-bond acceptors (Lipinski definition) is 7. The Bertz CT molecular complexity index is 1360. The second kappa shape index (κ2) is 11.0. The van der Waals surface area contributed by atoms with Crippen LogP contribution in [0, 0.1) is 0 Å². The molecule has 1 aliphatic rings. The van der Waals surface area contributed by atoms with Crippen molar-refractivity contribution in [3.8, 4) is 11.3 Å². The van der Waals surface area contributed by atoms with E-state index in [2.05, 4.69) is 29.0 Å². The molecule has 1 saturated heterocycles. The number of halogens is 2. The fourth-order valence-corrected chi connectivity index (χ4v) is 5.08. The van der Waals surface area contributed by atoms with Crippen LogP contribution in [0.15, 0.2) is 54.9 Å². The van der Waals surface area contributed by atoms with Crippen molar-refractivity contribution in [3.63, 3.8) is 0 Å². The zero-order valence-electron chi connectivity index (χ0n) is 20.3. The number of hydrogen-bond donors (Lipinski definition) is 1. The highest BCUT2D eigenvalue weighted by Crippen LogP contribution is 2.28. The highest BCUT2D eigenvalue weighted by atomic mass is 35.5. The Hall–Kier alpha value is -2.84. The lowest BCUT2D eigenvalue weighted by atomic mass is 10.1. The Balaban J connectivity index is 1.47. The predicted octanol–water partition coefficient (Wildman–Crippen LogP) is 5.66. The summed E-state index contributed by atoms with van der Waals surface area (Å²) < 4.78 is 5.89. The van der Waals surface area contributed by atoms with Gasteiger partial charge in [-0.25, -0.2) is 15.0 Å². The molecule has 1 N–H and O–H groups in total. The Morgan fingerprint density at radius 2 is 1.78 bits per heavy atom. The summed E-state index contributed by atoms with van der Waals surface area (Å²) in [7, 11) is 0. The van der Waals surface area contributed by atoms with Crippen LogP contribution in [0.2, 0.25) is 10.0 Å². The summed E-state index contributed by atoms with van der Waals surface area (Å²) in [5.41, 5.74) is 4.03. The number of nitrogens with one attached hydrogen (secondary N) is 1. The van der Waals surface area contributed by atoms with Crippen molar-refractivity contribution in [2.24, 2.45) is 0 Å². The van der Waals surface area contributed by atoms with Crippen molar-refractivity contribution in [3.05, 3.63) is 76.3 Å². The molecule has 1 aromatic carbocycles. The quantitative estimate of drug-likeness (QED) is 0.335. The van der Waals surface area contributed by atoms with Gasteiger partial charge in [0.05, 0.1) is 35.0 Å². The van der Waals surface area contributed by atoms with Gasteiger partial charge in [0, 0.05) is 42.6 Å².